The summed E-state index contributed by atoms with van der Waals surface area (Å²) in [6.07, 6.45) is 2.90. The van der Waals surface area contributed by atoms with E-state index in [1.54, 1.807) is 0 Å². The van der Waals surface area contributed by atoms with E-state index in [0.717, 1.165) is 12.8 Å². The molecule has 0 radical (unpaired) electrons. The molecule has 0 amide bonds. The van der Waals surface area contributed by atoms with Gasteiger partial charge in [-0.3, -0.25) is 29.0 Å². The zero-order chi connectivity index (χ0) is 35.8. The Bertz CT molecular complexity index is 858. The number of carboxylic acid groups (broad SMARTS) is 4. The van der Waals surface area contributed by atoms with Crippen LogP contribution in [0, 0.1) is 0 Å². The fourth-order valence-electron chi connectivity index (χ4n) is 1.81. The maximum atomic E-state index is 10.2. The van der Waals surface area contributed by atoms with Crippen molar-refractivity contribution in [1.29, 1.82) is 0 Å². The standard InChI is InChI=1S/C6H14N4O2.C6H14N2O2.C5H9NO4.C4H9NOS.CH6N4/c7-4(5(11)12)2-1-3-10-6(8)9;7-4-2-1-3-5(8)6(9)10;6-3(5(9)10)1-2-4(7)8;1-3(6)4(5)2-7;2-1(3)5-4/h4H,1-3,7H2,(H,11,12)(H4,8,9,10);5H,1-4,7-8H2,(H,9,10);3H,1-2,6H2,(H,7,8)(H,9,10);4,7H,2,5H2,1H3;4H2,(H4,2,3,5)/t4-;5-;3-;4-;/m0000./s1. The first-order valence-corrected chi connectivity index (χ1v) is 13.4. The number of hydrogen-bond donors (Lipinski definition) is 15. The van der Waals surface area contributed by atoms with Crippen LogP contribution >= 0.6 is 12.6 Å². The molecule has 44 heavy (non-hydrogen) atoms. The van der Waals surface area contributed by atoms with E-state index in [1.165, 1.54) is 6.92 Å². The van der Waals surface area contributed by atoms with E-state index >= 15 is 0 Å². The lowest BCUT2D eigenvalue weighted by molar-refractivity contribution is -0.141. The predicted molar refractivity (Wildman–Crippen MR) is 169 cm³/mol. The Balaban J connectivity index is -0.000000148. The summed E-state index contributed by atoms with van der Waals surface area (Å²) in [6.45, 7) is 2.48. The van der Waals surface area contributed by atoms with Gasteiger partial charge in [0.2, 0.25) is 5.96 Å². The molecule has 0 aromatic heterocycles. The summed E-state index contributed by atoms with van der Waals surface area (Å²) in [7, 11) is 0. The normalized spacial score (nSPS) is 12.0. The van der Waals surface area contributed by atoms with Crippen molar-refractivity contribution in [1.82, 2.24) is 0 Å². The van der Waals surface area contributed by atoms with Crippen molar-refractivity contribution >= 4 is 54.2 Å². The van der Waals surface area contributed by atoms with Crippen molar-refractivity contribution in [2.24, 2.45) is 67.5 Å². The highest BCUT2D eigenvalue weighted by atomic mass is 32.1. The SMILES string of the molecule is CC(=O)[C@@H](N)CS.NC(N)=NCCC[C@H](N)C(=O)O.NCCCC[C@H](N)C(=O)O.NN=C(N)N.N[C@@H](CCC(=O)O)C(=O)O. The lowest BCUT2D eigenvalue weighted by Crippen LogP contribution is -2.30. The summed E-state index contributed by atoms with van der Waals surface area (Å²) in [5, 5.41) is 35.8. The number of Topliss-reactive ketones (excluding diaryl/α,β-unsaturated/α-hetero) is 1. The third-order valence-electron chi connectivity index (χ3n) is 4.43. The van der Waals surface area contributed by atoms with Gasteiger partial charge in [0.05, 0.1) is 6.04 Å². The van der Waals surface area contributed by atoms with Crippen LogP contribution in [0.25, 0.3) is 0 Å². The van der Waals surface area contributed by atoms with E-state index in [4.69, 9.17) is 72.0 Å². The monoisotopic (exact) mass is 660 g/mol. The number of guanidine groups is 2. The molecule has 22 heteroatoms. The van der Waals surface area contributed by atoms with Crippen molar-refractivity contribution in [3.63, 3.8) is 0 Å². The third kappa shape index (κ3) is 47.8. The van der Waals surface area contributed by atoms with Gasteiger partial charge >= 0.3 is 23.9 Å². The molecule has 24 N–H and O–H groups in total. The van der Waals surface area contributed by atoms with Crippen molar-refractivity contribution in [2.75, 3.05) is 18.8 Å². The Morgan fingerprint density at radius 1 is 0.682 bits per heavy atom. The minimum absolute atomic E-state index is 0.00463. The van der Waals surface area contributed by atoms with E-state index in [-0.39, 0.29) is 36.6 Å². The molecule has 0 aliphatic rings. The van der Waals surface area contributed by atoms with Crippen LogP contribution in [0.15, 0.2) is 10.1 Å². The summed E-state index contributed by atoms with van der Waals surface area (Å²) in [6, 6.07) is -2.97. The first kappa shape index (κ1) is 49.7. The average Bonchev–Trinajstić information content (AvgIpc) is 2.94. The average molecular weight is 661 g/mol. The van der Waals surface area contributed by atoms with Gasteiger partial charge in [0, 0.05) is 18.7 Å². The molecule has 0 fully saturated rings. The molecule has 0 saturated heterocycles. The second-order valence-corrected chi connectivity index (χ2v) is 8.82. The van der Waals surface area contributed by atoms with Crippen molar-refractivity contribution in [2.45, 2.75) is 76.0 Å². The van der Waals surface area contributed by atoms with Crippen LogP contribution in [0.5, 0.6) is 0 Å². The van der Waals surface area contributed by atoms with Gasteiger partial charge in [-0.1, -0.05) is 6.42 Å². The number of rotatable bonds is 16. The molecule has 0 heterocycles. The molecule has 0 aromatic carbocycles. The first-order valence-electron chi connectivity index (χ1n) is 12.8. The predicted octanol–water partition coefficient (Wildman–Crippen LogP) is -4.79. The fourth-order valence-corrected chi connectivity index (χ4v) is 2.06. The van der Waals surface area contributed by atoms with Gasteiger partial charge in [-0.2, -0.15) is 12.6 Å². The summed E-state index contributed by atoms with van der Waals surface area (Å²) >= 11 is 3.81. The summed E-state index contributed by atoms with van der Waals surface area (Å²) < 4.78 is 0. The lowest BCUT2D eigenvalue weighted by atomic mass is 10.1. The minimum Gasteiger partial charge on any atom is -0.481 e. The Morgan fingerprint density at radius 3 is 1.32 bits per heavy atom. The molecule has 0 aliphatic heterocycles. The van der Waals surface area contributed by atoms with Crippen LogP contribution in [0.3, 0.4) is 0 Å². The Morgan fingerprint density at radius 2 is 1.07 bits per heavy atom. The minimum atomic E-state index is -1.17. The molecule has 0 saturated carbocycles. The first-order chi connectivity index (χ1) is 20.2. The van der Waals surface area contributed by atoms with Crippen molar-refractivity contribution in [3.8, 4) is 0 Å². The van der Waals surface area contributed by atoms with Crippen LogP contribution in [0.2, 0.25) is 0 Å². The number of carboxylic acids is 4. The molecule has 260 valence electrons. The van der Waals surface area contributed by atoms with Crippen LogP contribution in [0.1, 0.15) is 51.9 Å². The van der Waals surface area contributed by atoms with Crippen LogP contribution in [0.4, 0.5) is 0 Å². The maximum Gasteiger partial charge on any atom is 0.320 e. The number of nitrogens with two attached hydrogens (primary N) is 10. The second-order valence-electron chi connectivity index (χ2n) is 8.45. The van der Waals surface area contributed by atoms with Crippen LogP contribution in [-0.4, -0.2) is 105 Å². The van der Waals surface area contributed by atoms with E-state index < -0.39 is 42.0 Å². The zero-order valence-electron chi connectivity index (χ0n) is 24.8. The smallest absolute Gasteiger partial charge is 0.320 e. The summed E-state index contributed by atoms with van der Waals surface area (Å²) in [5.74, 6) is 0.735. The van der Waals surface area contributed by atoms with E-state index in [9.17, 15) is 24.0 Å². The van der Waals surface area contributed by atoms with Crippen LogP contribution < -0.4 is 57.4 Å². The second kappa shape index (κ2) is 33.5. The number of carbonyl (C=O) groups is 5. The molecule has 0 aliphatic carbocycles. The molecule has 21 nitrogen and oxygen atoms in total. The van der Waals surface area contributed by atoms with Gasteiger partial charge < -0.3 is 77.9 Å². The van der Waals surface area contributed by atoms with Gasteiger partial charge in [0.15, 0.2) is 5.96 Å². The third-order valence-corrected chi connectivity index (χ3v) is 4.82. The Hall–Kier alpha value is -3.96. The highest BCUT2D eigenvalue weighted by Gasteiger charge is 2.12. The molecular weight excluding hydrogens is 608 g/mol. The van der Waals surface area contributed by atoms with Crippen molar-refractivity contribution < 1.29 is 44.4 Å². The van der Waals surface area contributed by atoms with E-state index in [0.29, 0.717) is 38.1 Å². The molecule has 0 spiro atoms. The van der Waals surface area contributed by atoms with Gasteiger partial charge in [-0.25, -0.2) is 0 Å². The van der Waals surface area contributed by atoms with E-state index in [1.807, 2.05) is 0 Å². The maximum absolute atomic E-state index is 10.2. The highest BCUT2D eigenvalue weighted by molar-refractivity contribution is 7.80. The molecule has 0 rings (SSSR count). The Kier molecular flexibility index (Phi) is 37.9. The molecule has 0 bridgehead atoms. The fraction of sp³-hybridized carbons (Fsp3) is 0.682. The van der Waals surface area contributed by atoms with Gasteiger partial charge in [0.25, 0.3) is 0 Å². The quantitative estimate of drug-likeness (QED) is 0.0184. The number of aliphatic imine (C=N–C) groups is 1. The lowest BCUT2D eigenvalue weighted by Gasteiger charge is -2.03. The number of carbonyl (C=O) groups excluding carboxylic acids is 1. The number of hydrazone groups is 1. The van der Waals surface area contributed by atoms with Gasteiger partial charge in [-0.05, 0) is 45.6 Å². The summed E-state index contributed by atoms with van der Waals surface area (Å²) in [5.41, 5.74) is 45.3. The van der Waals surface area contributed by atoms with Gasteiger partial charge in [0.1, 0.15) is 23.9 Å². The van der Waals surface area contributed by atoms with Gasteiger partial charge in [-0.15, -0.1) is 5.10 Å². The topological polar surface area (TPSA) is 451 Å². The molecular formula is C22H52N12O9S. The zero-order valence-corrected chi connectivity index (χ0v) is 25.7. The largest absolute Gasteiger partial charge is 0.481 e. The molecule has 0 unspecified atom stereocenters. The highest BCUT2D eigenvalue weighted by Crippen LogP contribution is 1.97. The molecule has 0 aromatic rings. The summed E-state index contributed by atoms with van der Waals surface area (Å²) in [4.78, 5) is 54.1. The number of ketones is 1. The number of unbranched alkanes of at least 4 members (excludes halogenated alkanes) is 1. The number of aliphatic carboxylic acids is 4. The number of thiol groups is 1. The number of hydrogen-bond acceptors (Lipinski definition) is 14. The van der Waals surface area contributed by atoms with E-state index in [2.05, 4.69) is 28.6 Å². The molecule has 4 atom stereocenters. The number of nitrogens with zero attached hydrogens (tertiary/aromatic N) is 2. The van der Waals surface area contributed by atoms with Crippen molar-refractivity contribution in [3.05, 3.63) is 0 Å². The van der Waals surface area contributed by atoms with Crippen LogP contribution in [-0.2, 0) is 24.0 Å². The Labute approximate surface area is 261 Å².